The summed E-state index contributed by atoms with van der Waals surface area (Å²) in [5.41, 5.74) is 1.11. The first-order valence-corrected chi connectivity index (χ1v) is 6.79. The fourth-order valence-corrected chi connectivity index (χ4v) is 2.22. The van der Waals surface area contributed by atoms with Crippen molar-refractivity contribution in [3.63, 3.8) is 0 Å². The third-order valence-corrected chi connectivity index (χ3v) is 3.70. The molecule has 0 saturated heterocycles. The van der Waals surface area contributed by atoms with Gasteiger partial charge in [-0.05, 0) is 17.7 Å². The summed E-state index contributed by atoms with van der Waals surface area (Å²) in [7, 11) is 0. The molecule has 104 valence electrons. The van der Waals surface area contributed by atoms with Crippen LogP contribution in [0.3, 0.4) is 0 Å². The van der Waals surface area contributed by atoms with Gasteiger partial charge in [0.2, 0.25) is 0 Å². The maximum atomic E-state index is 12.2. The Morgan fingerprint density at radius 2 is 1.80 bits per heavy atom. The number of halogens is 2. The number of hydrogen-bond donors (Lipinski definition) is 2. The van der Waals surface area contributed by atoms with Crippen LogP contribution in [0.5, 0.6) is 0 Å². The number of nitrogens with one attached hydrogen (secondary N) is 1. The highest BCUT2D eigenvalue weighted by Gasteiger charge is 2.17. The molecule has 0 aliphatic heterocycles. The molecule has 2 aromatic rings. The van der Waals surface area contributed by atoms with Crippen LogP contribution >= 0.6 is 23.2 Å². The molecule has 2 N–H and O–H groups in total. The second kappa shape index (κ2) is 6.75. The van der Waals surface area contributed by atoms with Crippen LogP contribution < -0.4 is 5.32 Å². The van der Waals surface area contributed by atoms with E-state index in [0.717, 1.165) is 5.56 Å². The second-order valence-electron chi connectivity index (χ2n) is 4.22. The normalized spacial score (nSPS) is 11.9. The predicted molar refractivity (Wildman–Crippen MR) is 80.2 cm³/mol. The lowest BCUT2D eigenvalue weighted by Gasteiger charge is -2.17. The van der Waals surface area contributed by atoms with Gasteiger partial charge in [-0.2, -0.15) is 0 Å². The summed E-state index contributed by atoms with van der Waals surface area (Å²) >= 11 is 11.9. The van der Waals surface area contributed by atoms with Crippen LogP contribution in [0.4, 0.5) is 0 Å². The van der Waals surface area contributed by atoms with E-state index in [0.29, 0.717) is 5.02 Å². The summed E-state index contributed by atoms with van der Waals surface area (Å²) in [6.45, 7) is -0.200. The number of carbonyl (C=O) groups excluding carboxylic acids is 1. The molecule has 5 heteroatoms. The molecule has 0 bridgehead atoms. The smallest absolute Gasteiger partial charge is 0.253 e. The van der Waals surface area contributed by atoms with Crippen LogP contribution in [0.2, 0.25) is 10.0 Å². The van der Waals surface area contributed by atoms with Crippen LogP contribution in [-0.4, -0.2) is 17.6 Å². The van der Waals surface area contributed by atoms with Crippen molar-refractivity contribution >= 4 is 29.1 Å². The molecule has 3 nitrogen and oxygen atoms in total. The van der Waals surface area contributed by atoms with Crippen molar-refractivity contribution < 1.29 is 9.90 Å². The Morgan fingerprint density at radius 3 is 2.45 bits per heavy atom. The van der Waals surface area contributed by atoms with E-state index in [4.69, 9.17) is 23.2 Å². The van der Waals surface area contributed by atoms with E-state index in [1.165, 1.54) is 0 Å². The van der Waals surface area contributed by atoms with E-state index >= 15 is 0 Å². The fourth-order valence-electron chi connectivity index (χ4n) is 1.83. The molecule has 1 amide bonds. The van der Waals surface area contributed by atoms with Crippen molar-refractivity contribution in [1.82, 2.24) is 5.32 Å². The van der Waals surface area contributed by atoms with Gasteiger partial charge in [-0.15, -0.1) is 0 Å². The molecule has 2 rings (SSSR count). The van der Waals surface area contributed by atoms with Crippen molar-refractivity contribution in [1.29, 1.82) is 0 Å². The molecule has 1 atom stereocenters. The minimum Gasteiger partial charge on any atom is -0.394 e. The van der Waals surface area contributed by atoms with Crippen LogP contribution in [0.15, 0.2) is 48.5 Å². The Balaban J connectivity index is 2.20. The van der Waals surface area contributed by atoms with Gasteiger partial charge in [0.1, 0.15) is 0 Å². The molecule has 0 heterocycles. The Labute approximate surface area is 127 Å². The number of rotatable bonds is 4. The van der Waals surface area contributed by atoms with E-state index in [-0.39, 0.29) is 23.1 Å². The molecule has 0 saturated carbocycles. The van der Waals surface area contributed by atoms with Gasteiger partial charge in [0.05, 0.1) is 28.3 Å². The first kappa shape index (κ1) is 14.9. The lowest BCUT2D eigenvalue weighted by Crippen LogP contribution is -2.31. The van der Waals surface area contributed by atoms with Crippen molar-refractivity contribution in [3.05, 3.63) is 69.7 Å². The van der Waals surface area contributed by atoms with Crippen molar-refractivity contribution in [3.8, 4) is 0 Å². The number of hydrogen-bond acceptors (Lipinski definition) is 2. The minimum atomic E-state index is -0.487. The van der Waals surface area contributed by atoms with Crippen LogP contribution in [0.25, 0.3) is 0 Å². The number of benzene rings is 2. The SMILES string of the molecule is O=C(N[C@@H](CO)c1ccccc1)c1cccc(Cl)c1Cl. The Hall–Kier alpha value is -1.55. The summed E-state index contributed by atoms with van der Waals surface area (Å²) in [5, 5.41) is 12.7. The number of aliphatic hydroxyl groups is 1. The van der Waals surface area contributed by atoms with Crippen LogP contribution in [0, 0.1) is 0 Å². The average Bonchev–Trinajstić information content (AvgIpc) is 2.48. The van der Waals surface area contributed by atoms with Crippen molar-refractivity contribution in [2.75, 3.05) is 6.61 Å². The van der Waals surface area contributed by atoms with Gasteiger partial charge in [0.25, 0.3) is 5.91 Å². The Bertz CT molecular complexity index is 602. The van der Waals surface area contributed by atoms with Gasteiger partial charge < -0.3 is 10.4 Å². The quantitative estimate of drug-likeness (QED) is 0.908. The molecule has 0 aromatic heterocycles. The standard InChI is InChI=1S/C15H13Cl2NO2/c16-12-8-4-7-11(14(12)17)15(20)18-13(9-19)10-5-2-1-3-6-10/h1-8,13,19H,9H2,(H,18,20)/t13-/m0/s1. The van der Waals surface area contributed by atoms with E-state index in [1.807, 2.05) is 30.3 Å². The average molecular weight is 310 g/mol. The monoisotopic (exact) mass is 309 g/mol. The Kier molecular flexibility index (Phi) is 5.01. The maximum Gasteiger partial charge on any atom is 0.253 e. The number of carbonyl (C=O) groups is 1. The zero-order valence-electron chi connectivity index (χ0n) is 10.5. The molecule has 0 aliphatic rings. The summed E-state index contributed by atoms with van der Waals surface area (Å²) in [5.74, 6) is -0.375. The fraction of sp³-hybridized carbons (Fsp3) is 0.133. The molecule has 0 aliphatic carbocycles. The third kappa shape index (κ3) is 3.31. The summed E-state index contributed by atoms with van der Waals surface area (Å²) in [6, 6.07) is 13.6. The van der Waals surface area contributed by atoms with Crippen molar-refractivity contribution in [2.45, 2.75) is 6.04 Å². The summed E-state index contributed by atoms with van der Waals surface area (Å²) in [4.78, 5) is 12.2. The van der Waals surface area contributed by atoms with Gasteiger partial charge in [-0.1, -0.05) is 59.6 Å². The first-order chi connectivity index (χ1) is 9.63. The van der Waals surface area contributed by atoms with Gasteiger partial charge in [0.15, 0.2) is 0 Å². The van der Waals surface area contributed by atoms with E-state index in [1.54, 1.807) is 18.2 Å². The lowest BCUT2D eigenvalue weighted by atomic mass is 10.1. The molecule has 0 unspecified atom stereocenters. The lowest BCUT2D eigenvalue weighted by molar-refractivity contribution is 0.0916. The summed E-state index contributed by atoms with van der Waals surface area (Å²) < 4.78 is 0. The van der Waals surface area contributed by atoms with Gasteiger partial charge in [-0.25, -0.2) is 0 Å². The second-order valence-corrected chi connectivity index (χ2v) is 5.01. The molecule has 2 aromatic carbocycles. The van der Waals surface area contributed by atoms with E-state index in [2.05, 4.69) is 5.32 Å². The number of aliphatic hydroxyl groups excluding tert-OH is 1. The molecule has 0 radical (unpaired) electrons. The van der Waals surface area contributed by atoms with Crippen molar-refractivity contribution in [2.24, 2.45) is 0 Å². The highest BCUT2D eigenvalue weighted by atomic mass is 35.5. The predicted octanol–water partition coefficient (Wildman–Crippen LogP) is 3.46. The number of amides is 1. The van der Waals surface area contributed by atoms with E-state index < -0.39 is 6.04 Å². The highest BCUT2D eigenvalue weighted by molar-refractivity contribution is 6.43. The molecule has 20 heavy (non-hydrogen) atoms. The molecule has 0 spiro atoms. The van der Waals surface area contributed by atoms with Gasteiger partial charge in [-0.3, -0.25) is 4.79 Å². The summed E-state index contributed by atoms with van der Waals surface area (Å²) in [6.07, 6.45) is 0. The molecular weight excluding hydrogens is 297 g/mol. The van der Waals surface area contributed by atoms with Gasteiger partial charge in [0, 0.05) is 0 Å². The van der Waals surface area contributed by atoms with E-state index in [9.17, 15) is 9.90 Å². The molecule has 0 fully saturated rings. The van der Waals surface area contributed by atoms with Crippen LogP contribution in [-0.2, 0) is 0 Å². The molecular formula is C15H13Cl2NO2. The van der Waals surface area contributed by atoms with Crippen LogP contribution in [0.1, 0.15) is 22.0 Å². The largest absolute Gasteiger partial charge is 0.394 e. The minimum absolute atomic E-state index is 0.200. The zero-order valence-corrected chi connectivity index (χ0v) is 12.0. The first-order valence-electron chi connectivity index (χ1n) is 6.04. The third-order valence-electron chi connectivity index (χ3n) is 2.89. The van der Waals surface area contributed by atoms with Gasteiger partial charge >= 0.3 is 0 Å². The Morgan fingerprint density at radius 1 is 1.10 bits per heavy atom. The zero-order chi connectivity index (χ0) is 14.5. The highest BCUT2D eigenvalue weighted by Crippen LogP contribution is 2.26. The maximum absolute atomic E-state index is 12.2. The topological polar surface area (TPSA) is 49.3 Å².